The van der Waals surface area contributed by atoms with E-state index in [1.165, 1.54) is 0 Å². The first-order valence-electron chi connectivity index (χ1n) is 7.26. The normalized spacial score (nSPS) is 13.6. The Kier molecular flexibility index (Phi) is 7.71. The van der Waals surface area contributed by atoms with Crippen molar-refractivity contribution < 1.29 is 24.2 Å². The molecule has 6 heteroatoms. The summed E-state index contributed by atoms with van der Waals surface area (Å²) >= 11 is 0. The van der Waals surface area contributed by atoms with Crippen LogP contribution in [0.1, 0.15) is 60.8 Å². The van der Waals surface area contributed by atoms with Crippen molar-refractivity contribution in [2.45, 2.75) is 78.0 Å². The summed E-state index contributed by atoms with van der Waals surface area (Å²) in [6, 6.07) is -0.0740. The minimum Gasteiger partial charge on any atom is -0.481 e. The van der Waals surface area contributed by atoms with Crippen molar-refractivity contribution in [3.63, 3.8) is 0 Å². The lowest BCUT2D eigenvalue weighted by atomic mass is 10.0. The number of aliphatic carboxylic acids is 1. The van der Waals surface area contributed by atoms with Gasteiger partial charge in [-0.25, -0.2) is 4.79 Å². The Bertz CT molecular complexity index is 346. The largest absolute Gasteiger partial charge is 0.481 e. The van der Waals surface area contributed by atoms with Gasteiger partial charge in [-0.2, -0.15) is 0 Å². The van der Waals surface area contributed by atoms with Crippen LogP contribution in [0.25, 0.3) is 0 Å². The number of hydrogen-bond donors (Lipinski definition) is 2. The molecule has 0 radical (unpaired) electrons. The van der Waals surface area contributed by atoms with E-state index in [9.17, 15) is 9.59 Å². The van der Waals surface area contributed by atoms with Crippen LogP contribution in [0.5, 0.6) is 0 Å². The predicted molar refractivity (Wildman–Crippen MR) is 80.3 cm³/mol. The van der Waals surface area contributed by atoms with Crippen LogP contribution in [-0.2, 0) is 14.3 Å². The third-order valence-corrected chi connectivity index (χ3v) is 2.75. The monoisotopic (exact) mass is 303 g/mol. The van der Waals surface area contributed by atoms with Gasteiger partial charge in [-0.1, -0.05) is 0 Å². The van der Waals surface area contributed by atoms with E-state index in [1.807, 2.05) is 41.5 Å². The Labute approximate surface area is 127 Å². The van der Waals surface area contributed by atoms with E-state index in [4.69, 9.17) is 14.6 Å². The molecule has 0 aromatic carbocycles. The molecule has 0 spiro atoms. The van der Waals surface area contributed by atoms with Gasteiger partial charge in [-0.15, -0.1) is 0 Å². The van der Waals surface area contributed by atoms with E-state index >= 15 is 0 Å². The second-order valence-electron chi connectivity index (χ2n) is 6.84. The van der Waals surface area contributed by atoms with Crippen molar-refractivity contribution >= 4 is 12.1 Å². The molecule has 1 atom stereocenters. The van der Waals surface area contributed by atoms with Crippen LogP contribution >= 0.6 is 0 Å². The topological polar surface area (TPSA) is 84.9 Å². The van der Waals surface area contributed by atoms with Crippen LogP contribution in [0.2, 0.25) is 0 Å². The first-order chi connectivity index (χ1) is 9.41. The Morgan fingerprint density at radius 2 is 1.76 bits per heavy atom. The van der Waals surface area contributed by atoms with Crippen LogP contribution in [0, 0.1) is 0 Å². The van der Waals surface area contributed by atoms with Gasteiger partial charge in [0.05, 0.1) is 5.60 Å². The molecule has 0 bridgehead atoms. The molecule has 1 amide bonds. The predicted octanol–water partition coefficient (Wildman–Crippen LogP) is 2.95. The van der Waals surface area contributed by atoms with Crippen LogP contribution in [0.4, 0.5) is 4.79 Å². The van der Waals surface area contributed by atoms with E-state index in [0.717, 1.165) is 0 Å². The highest BCUT2D eigenvalue weighted by atomic mass is 16.6. The molecule has 1 unspecified atom stereocenters. The van der Waals surface area contributed by atoms with Gasteiger partial charge < -0.3 is 19.9 Å². The highest BCUT2D eigenvalue weighted by Crippen LogP contribution is 2.17. The van der Waals surface area contributed by atoms with Gasteiger partial charge in [0.25, 0.3) is 0 Å². The van der Waals surface area contributed by atoms with Gasteiger partial charge >= 0.3 is 12.1 Å². The second-order valence-corrected chi connectivity index (χ2v) is 6.84. The zero-order chi connectivity index (χ0) is 16.7. The van der Waals surface area contributed by atoms with E-state index in [0.29, 0.717) is 19.4 Å². The minimum absolute atomic E-state index is 0.0740. The molecule has 0 aliphatic heterocycles. The molecule has 21 heavy (non-hydrogen) atoms. The number of hydrogen-bond acceptors (Lipinski definition) is 4. The minimum atomic E-state index is -0.827. The molecular formula is C15H29NO5. The smallest absolute Gasteiger partial charge is 0.407 e. The molecule has 0 fully saturated rings. The van der Waals surface area contributed by atoms with E-state index in [-0.39, 0.29) is 12.5 Å². The van der Waals surface area contributed by atoms with Gasteiger partial charge in [0.15, 0.2) is 0 Å². The number of carbonyl (C=O) groups is 2. The third kappa shape index (κ3) is 12.2. The second kappa shape index (κ2) is 8.22. The molecule has 0 rings (SSSR count). The number of amides is 1. The molecule has 124 valence electrons. The first kappa shape index (κ1) is 19.7. The standard InChI is InChI=1S/C15H29NO5/c1-11(16-13(19)21-14(2,3)4)8-10-20-15(5,6)9-7-12(17)18/h11H,7-10H2,1-6H3,(H,16,19)(H,17,18). The summed E-state index contributed by atoms with van der Waals surface area (Å²) in [4.78, 5) is 22.1. The number of rotatable bonds is 8. The van der Waals surface area contributed by atoms with Gasteiger partial charge in [0.1, 0.15) is 5.60 Å². The maximum absolute atomic E-state index is 11.6. The van der Waals surface area contributed by atoms with Crippen molar-refractivity contribution in [1.82, 2.24) is 5.32 Å². The van der Waals surface area contributed by atoms with Gasteiger partial charge in [0.2, 0.25) is 0 Å². The van der Waals surface area contributed by atoms with Gasteiger partial charge in [0, 0.05) is 19.1 Å². The van der Waals surface area contributed by atoms with Crippen LogP contribution in [-0.4, -0.2) is 41.0 Å². The van der Waals surface area contributed by atoms with Crippen molar-refractivity contribution in [2.24, 2.45) is 0 Å². The highest BCUT2D eigenvalue weighted by Gasteiger charge is 2.21. The number of ether oxygens (including phenoxy) is 2. The van der Waals surface area contributed by atoms with Crippen molar-refractivity contribution in [2.75, 3.05) is 6.61 Å². The molecule has 0 heterocycles. The van der Waals surface area contributed by atoms with E-state index in [2.05, 4.69) is 5.32 Å². The third-order valence-electron chi connectivity index (χ3n) is 2.75. The zero-order valence-electron chi connectivity index (χ0n) is 14.0. The fraction of sp³-hybridized carbons (Fsp3) is 0.867. The fourth-order valence-electron chi connectivity index (χ4n) is 1.57. The Morgan fingerprint density at radius 1 is 1.19 bits per heavy atom. The molecule has 0 saturated carbocycles. The average Bonchev–Trinajstić information content (AvgIpc) is 2.23. The maximum atomic E-state index is 11.6. The molecule has 0 saturated heterocycles. The summed E-state index contributed by atoms with van der Waals surface area (Å²) in [6.45, 7) is 11.5. The Balaban J connectivity index is 3.95. The van der Waals surface area contributed by atoms with Crippen LogP contribution in [0.15, 0.2) is 0 Å². The van der Waals surface area contributed by atoms with Gasteiger partial charge in [-0.05, 0) is 54.4 Å². The lowest BCUT2D eigenvalue weighted by molar-refractivity contribution is -0.138. The lowest BCUT2D eigenvalue weighted by Crippen LogP contribution is -2.38. The van der Waals surface area contributed by atoms with Crippen molar-refractivity contribution in [3.05, 3.63) is 0 Å². The molecular weight excluding hydrogens is 274 g/mol. The summed E-state index contributed by atoms with van der Waals surface area (Å²) in [5, 5.41) is 11.4. The van der Waals surface area contributed by atoms with E-state index < -0.39 is 23.3 Å². The summed E-state index contributed by atoms with van der Waals surface area (Å²) < 4.78 is 10.8. The van der Waals surface area contributed by atoms with E-state index in [1.54, 1.807) is 0 Å². The van der Waals surface area contributed by atoms with Crippen LogP contribution in [0.3, 0.4) is 0 Å². The quantitative estimate of drug-likeness (QED) is 0.720. The number of carboxylic acids is 1. The van der Waals surface area contributed by atoms with Crippen LogP contribution < -0.4 is 5.32 Å². The fourth-order valence-corrected chi connectivity index (χ4v) is 1.57. The highest BCUT2D eigenvalue weighted by molar-refractivity contribution is 5.68. The molecule has 2 N–H and O–H groups in total. The summed E-state index contributed by atoms with van der Waals surface area (Å²) in [5.41, 5.74) is -0.997. The average molecular weight is 303 g/mol. The zero-order valence-corrected chi connectivity index (χ0v) is 14.0. The molecule has 0 aliphatic rings. The number of carboxylic acid groups (broad SMARTS) is 1. The maximum Gasteiger partial charge on any atom is 0.407 e. The molecule has 0 aliphatic carbocycles. The number of nitrogens with one attached hydrogen (secondary N) is 1. The Hall–Kier alpha value is -1.30. The van der Waals surface area contributed by atoms with Crippen molar-refractivity contribution in [3.8, 4) is 0 Å². The lowest BCUT2D eigenvalue weighted by Gasteiger charge is -2.26. The van der Waals surface area contributed by atoms with Gasteiger partial charge in [-0.3, -0.25) is 4.79 Å². The Morgan fingerprint density at radius 3 is 2.24 bits per heavy atom. The molecule has 0 aromatic rings. The summed E-state index contributed by atoms with van der Waals surface area (Å²) in [7, 11) is 0. The SMILES string of the molecule is CC(CCOC(C)(C)CCC(=O)O)NC(=O)OC(C)(C)C. The summed E-state index contributed by atoms with van der Waals surface area (Å²) in [6.07, 6.45) is 0.727. The molecule has 6 nitrogen and oxygen atoms in total. The van der Waals surface area contributed by atoms with Crippen molar-refractivity contribution in [1.29, 1.82) is 0 Å². The number of alkyl carbamates (subject to hydrolysis) is 1. The first-order valence-corrected chi connectivity index (χ1v) is 7.26. The summed E-state index contributed by atoms with van der Waals surface area (Å²) in [5.74, 6) is -0.827. The number of carbonyl (C=O) groups excluding carboxylic acids is 1. The molecule has 0 aromatic heterocycles.